The predicted octanol–water partition coefficient (Wildman–Crippen LogP) is 3.68. The van der Waals surface area contributed by atoms with Gasteiger partial charge in [-0.25, -0.2) is 4.79 Å². The van der Waals surface area contributed by atoms with Crippen molar-refractivity contribution in [2.75, 3.05) is 11.9 Å². The van der Waals surface area contributed by atoms with Crippen molar-refractivity contribution >= 4 is 27.6 Å². The molecule has 4 nitrogen and oxygen atoms in total. The fraction of sp³-hybridized carbons (Fsp3) is 0.125. The Balaban J connectivity index is 1.82. The topological polar surface area (TPSA) is 64.9 Å². The highest BCUT2D eigenvalue weighted by Gasteiger charge is 2.05. The van der Waals surface area contributed by atoms with Gasteiger partial charge < -0.3 is 10.6 Å². The molecular weight excluding hydrogens is 330 g/mol. The van der Waals surface area contributed by atoms with Gasteiger partial charge in [0.1, 0.15) is 6.07 Å². The fourth-order valence-corrected chi connectivity index (χ4v) is 2.09. The maximum atomic E-state index is 11.8. The number of benzene rings is 2. The van der Waals surface area contributed by atoms with E-state index in [0.29, 0.717) is 17.8 Å². The number of amides is 2. The lowest BCUT2D eigenvalue weighted by molar-refractivity contribution is 0.252. The Bertz CT molecular complexity index is 662. The highest BCUT2D eigenvalue weighted by molar-refractivity contribution is 9.10. The van der Waals surface area contributed by atoms with E-state index in [0.717, 1.165) is 16.5 Å². The molecule has 2 aromatic carbocycles. The fourth-order valence-electron chi connectivity index (χ4n) is 1.83. The Morgan fingerprint density at radius 1 is 1.14 bits per heavy atom. The van der Waals surface area contributed by atoms with Crippen molar-refractivity contribution in [2.45, 2.75) is 6.42 Å². The van der Waals surface area contributed by atoms with Crippen LogP contribution in [0.25, 0.3) is 0 Å². The van der Waals surface area contributed by atoms with Crippen LogP contribution < -0.4 is 10.6 Å². The van der Waals surface area contributed by atoms with E-state index < -0.39 is 0 Å². The van der Waals surface area contributed by atoms with Gasteiger partial charge in [-0.05, 0) is 36.2 Å². The first-order valence-corrected chi connectivity index (χ1v) is 7.27. The van der Waals surface area contributed by atoms with Crippen molar-refractivity contribution in [1.29, 1.82) is 5.26 Å². The third-order valence-corrected chi connectivity index (χ3v) is 3.44. The van der Waals surface area contributed by atoms with Crippen LogP contribution in [0.4, 0.5) is 10.5 Å². The van der Waals surface area contributed by atoms with Crippen molar-refractivity contribution in [3.05, 3.63) is 64.1 Å². The number of para-hydroxylation sites is 1. The number of halogens is 1. The van der Waals surface area contributed by atoms with Crippen LogP contribution in [0.1, 0.15) is 11.1 Å². The average molecular weight is 344 g/mol. The van der Waals surface area contributed by atoms with Gasteiger partial charge in [-0.1, -0.05) is 40.2 Å². The predicted molar refractivity (Wildman–Crippen MR) is 86.0 cm³/mol. The Labute approximate surface area is 131 Å². The van der Waals surface area contributed by atoms with Gasteiger partial charge in [-0.3, -0.25) is 0 Å². The van der Waals surface area contributed by atoms with Gasteiger partial charge in [0, 0.05) is 11.0 Å². The number of carbonyl (C=O) groups is 1. The molecule has 0 saturated carbocycles. The third-order valence-electron chi connectivity index (χ3n) is 2.91. The molecule has 0 aliphatic carbocycles. The van der Waals surface area contributed by atoms with Gasteiger partial charge in [-0.2, -0.15) is 5.26 Å². The van der Waals surface area contributed by atoms with Gasteiger partial charge in [0.15, 0.2) is 0 Å². The number of hydrogen-bond acceptors (Lipinski definition) is 2. The number of carbonyl (C=O) groups excluding carboxylic acids is 1. The van der Waals surface area contributed by atoms with Gasteiger partial charge in [-0.15, -0.1) is 0 Å². The van der Waals surface area contributed by atoms with E-state index in [2.05, 4.69) is 26.6 Å². The van der Waals surface area contributed by atoms with Gasteiger partial charge >= 0.3 is 6.03 Å². The summed E-state index contributed by atoms with van der Waals surface area (Å²) in [5.41, 5.74) is 2.11. The highest BCUT2D eigenvalue weighted by atomic mass is 79.9. The first-order valence-electron chi connectivity index (χ1n) is 6.47. The molecule has 0 aliphatic rings. The Kier molecular flexibility index (Phi) is 5.35. The molecule has 5 heteroatoms. The first kappa shape index (κ1) is 15.1. The summed E-state index contributed by atoms with van der Waals surface area (Å²) in [4.78, 5) is 11.8. The molecule has 106 valence electrons. The lowest BCUT2D eigenvalue weighted by Gasteiger charge is -2.08. The molecule has 0 saturated heterocycles. The molecule has 21 heavy (non-hydrogen) atoms. The van der Waals surface area contributed by atoms with Crippen LogP contribution >= 0.6 is 15.9 Å². The summed E-state index contributed by atoms with van der Waals surface area (Å²) < 4.78 is 1.03. The monoisotopic (exact) mass is 343 g/mol. The lowest BCUT2D eigenvalue weighted by atomic mass is 10.1. The largest absolute Gasteiger partial charge is 0.338 e. The summed E-state index contributed by atoms with van der Waals surface area (Å²) in [6.07, 6.45) is 0.751. The van der Waals surface area contributed by atoms with Crippen molar-refractivity contribution in [2.24, 2.45) is 0 Å². The summed E-state index contributed by atoms with van der Waals surface area (Å²) in [5, 5.41) is 14.4. The molecule has 0 fully saturated rings. The number of rotatable bonds is 4. The van der Waals surface area contributed by atoms with E-state index in [-0.39, 0.29) is 6.03 Å². The van der Waals surface area contributed by atoms with E-state index in [1.54, 1.807) is 24.3 Å². The maximum absolute atomic E-state index is 11.8. The second-order valence-corrected chi connectivity index (χ2v) is 5.33. The molecular formula is C16H14BrN3O. The van der Waals surface area contributed by atoms with Crippen molar-refractivity contribution in [1.82, 2.24) is 5.32 Å². The molecule has 2 rings (SSSR count). The third kappa shape index (κ3) is 4.62. The zero-order valence-electron chi connectivity index (χ0n) is 11.3. The molecule has 2 N–H and O–H groups in total. The minimum Gasteiger partial charge on any atom is -0.338 e. The lowest BCUT2D eigenvalue weighted by Crippen LogP contribution is -2.30. The standard InChI is InChI=1S/C16H14BrN3O/c17-14-7-5-12(6-8-14)9-10-19-16(21)20-15-4-2-1-3-13(15)11-18/h1-8H,9-10H2,(H2,19,20,21). The maximum Gasteiger partial charge on any atom is 0.319 e. The summed E-state index contributed by atoms with van der Waals surface area (Å²) >= 11 is 3.38. The SMILES string of the molecule is N#Cc1ccccc1NC(=O)NCCc1ccc(Br)cc1. The van der Waals surface area contributed by atoms with Crippen LogP contribution in [0.15, 0.2) is 53.0 Å². The van der Waals surface area contributed by atoms with Crippen molar-refractivity contribution < 1.29 is 4.79 Å². The van der Waals surface area contributed by atoms with Crippen LogP contribution in [0.5, 0.6) is 0 Å². The molecule has 2 amide bonds. The van der Waals surface area contributed by atoms with E-state index in [1.165, 1.54) is 0 Å². The van der Waals surface area contributed by atoms with Crippen LogP contribution in [-0.2, 0) is 6.42 Å². The summed E-state index contributed by atoms with van der Waals surface area (Å²) in [5.74, 6) is 0. The molecule has 0 bridgehead atoms. The normalized spacial score (nSPS) is 9.71. The number of urea groups is 1. The van der Waals surface area contributed by atoms with E-state index in [9.17, 15) is 4.79 Å². The zero-order chi connectivity index (χ0) is 15.1. The second kappa shape index (κ2) is 7.46. The molecule has 0 aliphatic heterocycles. The minimum absolute atomic E-state index is 0.310. The van der Waals surface area contributed by atoms with Crippen molar-refractivity contribution in [3.8, 4) is 6.07 Å². The summed E-state index contributed by atoms with van der Waals surface area (Å²) in [6, 6.07) is 16.6. The number of hydrogen-bond donors (Lipinski definition) is 2. The van der Waals surface area contributed by atoms with Crippen LogP contribution in [0, 0.1) is 11.3 Å². The number of anilines is 1. The molecule has 0 unspecified atom stereocenters. The number of nitrogens with zero attached hydrogens (tertiary/aromatic N) is 1. The van der Waals surface area contributed by atoms with E-state index in [4.69, 9.17) is 5.26 Å². The Morgan fingerprint density at radius 2 is 1.86 bits per heavy atom. The van der Waals surface area contributed by atoms with E-state index in [1.807, 2.05) is 30.3 Å². The quantitative estimate of drug-likeness (QED) is 0.889. The van der Waals surface area contributed by atoms with Gasteiger partial charge in [0.2, 0.25) is 0 Å². The molecule has 0 spiro atoms. The minimum atomic E-state index is -0.310. The molecule has 0 atom stereocenters. The molecule has 2 aromatic rings. The van der Waals surface area contributed by atoms with Crippen LogP contribution in [0.2, 0.25) is 0 Å². The van der Waals surface area contributed by atoms with Crippen molar-refractivity contribution in [3.63, 3.8) is 0 Å². The Hall–Kier alpha value is -2.32. The van der Waals surface area contributed by atoms with Gasteiger partial charge in [0.05, 0.1) is 11.3 Å². The zero-order valence-corrected chi connectivity index (χ0v) is 12.9. The highest BCUT2D eigenvalue weighted by Crippen LogP contribution is 2.13. The van der Waals surface area contributed by atoms with Gasteiger partial charge in [0.25, 0.3) is 0 Å². The summed E-state index contributed by atoms with van der Waals surface area (Å²) in [6.45, 7) is 0.530. The second-order valence-electron chi connectivity index (χ2n) is 4.41. The smallest absolute Gasteiger partial charge is 0.319 e. The molecule has 0 radical (unpaired) electrons. The number of nitrogens with one attached hydrogen (secondary N) is 2. The summed E-state index contributed by atoms with van der Waals surface area (Å²) in [7, 11) is 0. The van der Waals surface area contributed by atoms with Crippen LogP contribution in [-0.4, -0.2) is 12.6 Å². The van der Waals surface area contributed by atoms with Crippen LogP contribution in [0.3, 0.4) is 0 Å². The van der Waals surface area contributed by atoms with E-state index >= 15 is 0 Å². The molecule has 0 aromatic heterocycles. The number of nitriles is 1. The average Bonchev–Trinajstić information content (AvgIpc) is 2.50. The Morgan fingerprint density at radius 3 is 2.57 bits per heavy atom. The molecule has 0 heterocycles. The first-order chi connectivity index (χ1) is 10.2.